The Balaban J connectivity index is 0.000000770. The lowest BCUT2D eigenvalue weighted by Crippen LogP contribution is -2.08. The summed E-state index contributed by atoms with van der Waals surface area (Å²) in [6.07, 6.45) is -4.15. The van der Waals surface area contributed by atoms with E-state index in [-0.39, 0.29) is 23.4 Å². The van der Waals surface area contributed by atoms with Crippen LogP contribution < -0.4 is 4.74 Å². The average Bonchev–Trinajstić information content (AvgIpc) is 2.21. The van der Waals surface area contributed by atoms with Crippen molar-refractivity contribution in [2.75, 3.05) is 6.61 Å². The maximum absolute atomic E-state index is 12.4. The van der Waals surface area contributed by atoms with Crippen molar-refractivity contribution in [3.8, 4) is 5.75 Å². The van der Waals surface area contributed by atoms with Gasteiger partial charge in [0.1, 0.15) is 5.75 Å². The SMILES string of the molecule is CCOc1ccc(S)cc1C(F)(F)F.O=C=O. The van der Waals surface area contributed by atoms with E-state index >= 15 is 0 Å². The molecule has 0 spiro atoms. The third-order valence-electron chi connectivity index (χ3n) is 1.57. The lowest BCUT2D eigenvalue weighted by molar-refractivity contribution is -0.191. The Morgan fingerprint density at radius 3 is 2.29 bits per heavy atom. The molecular weight excluding hydrogens is 257 g/mol. The molecule has 3 nitrogen and oxygen atoms in total. The van der Waals surface area contributed by atoms with Gasteiger partial charge < -0.3 is 4.74 Å². The highest BCUT2D eigenvalue weighted by Crippen LogP contribution is 2.37. The van der Waals surface area contributed by atoms with Crippen molar-refractivity contribution in [1.82, 2.24) is 0 Å². The van der Waals surface area contributed by atoms with Gasteiger partial charge in [-0.3, -0.25) is 0 Å². The Kier molecular flexibility index (Phi) is 6.38. The maximum atomic E-state index is 12.4. The smallest absolute Gasteiger partial charge is 0.420 e. The van der Waals surface area contributed by atoms with E-state index in [0.29, 0.717) is 0 Å². The molecule has 94 valence electrons. The third kappa shape index (κ3) is 5.42. The molecule has 0 atom stereocenters. The molecule has 0 aliphatic rings. The summed E-state index contributed by atoms with van der Waals surface area (Å²) in [6.45, 7) is 1.84. The van der Waals surface area contributed by atoms with Crippen molar-refractivity contribution in [1.29, 1.82) is 0 Å². The summed E-state index contributed by atoms with van der Waals surface area (Å²) in [5, 5.41) is 0. The number of carbonyl (C=O) groups excluding carboxylic acids is 2. The fraction of sp³-hybridized carbons (Fsp3) is 0.300. The Morgan fingerprint density at radius 2 is 1.88 bits per heavy atom. The van der Waals surface area contributed by atoms with Crippen molar-refractivity contribution in [2.24, 2.45) is 0 Å². The zero-order chi connectivity index (χ0) is 13.5. The van der Waals surface area contributed by atoms with Gasteiger partial charge in [0.25, 0.3) is 0 Å². The van der Waals surface area contributed by atoms with Crippen LogP contribution in [0.25, 0.3) is 0 Å². The largest absolute Gasteiger partial charge is 0.493 e. The molecule has 0 aliphatic heterocycles. The van der Waals surface area contributed by atoms with E-state index in [2.05, 4.69) is 12.6 Å². The topological polar surface area (TPSA) is 43.4 Å². The van der Waals surface area contributed by atoms with Crippen molar-refractivity contribution in [3.05, 3.63) is 23.8 Å². The van der Waals surface area contributed by atoms with Crippen LogP contribution in [0.5, 0.6) is 5.75 Å². The van der Waals surface area contributed by atoms with E-state index in [0.717, 1.165) is 6.07 Å². The second-order valence-electron chi connectivity index (χ2n) is 2.69. The molecule has 0 bridgehead atoms. The van der Waals surface area contributed by atoms with Crippen LogP contribution >= 0.6 is 12.6 Å². The van der Waals surface area contributed by atoms with Gasteiger partial charge in [0.2, 0.25) is 0 Å². The molecule has 0 unspecified atom stereocenters. The molecule has 17 heavy (non-hydrogen) atoms. The monoisotopic (exact) mass is 266 g/mol. The van der Waals surface area contributed by atoms with Gasteiger partial charge in [-0.15, -0.1) is 12.6 Å². The van der Waals surface area contributed by atoms with E-state index in [1.165, 1.54) is 12.1 Å². The Labute approximate surface area is 101 Å². The predicted molar refractivity (Wildman–Crippen MR) is 54.9 cm³/mol. The lowest BCUT2D eigenvalue weighted by atomic mass is 10.2. The molecule has 0 saturated heterocycles. The number of rotatable bonds is 2. The number of thiol groups is 1. The van der Waals surface area contributed by atoms with E-state index in [1.54, 1.807) is 6.92 Å². The Bertz CT molecular complexity index is 398. The van der Waals surface area contributed by atoms with Crippen molar-refractivity contribution in [3.63, 3.8) is 0 Å². The van der Waals surface area contributed by atoms with E-state index in [9.17, 15) is 13.2 Å². The average molecular weight is 266 g/mol. The molecule has 1 rings (SSSR count). The van der Waals surface area contributed by atoms with Crippen LogP contribution in [-0.2, 0) is 15.8 Å². The molecule has 0 N–H and O–H groups in total. The van der Waals surface area contributed by atoms with Gasteiger partial charge in [-0.1, -0.05) is 0 Å². The number of benzene rings is 1. The third-order valence-corrected chi connectivity index (χ3v) is 1.85. The Morgan fingerprint density at radius 1 is 1.35 bits per heavy atom. The van der Waals surface area contributed by atoms with Gasteiger partial charge in [-0.25, -0.2) is 0 Å². The zero-order valence-corrected chi connectivity index (χ0v) is 9.64. The van der Waals surface area contributed by atoms with Crippen LogP contribution in [0.15, 0.2) is 23.1 Å². The molecule has 1 aromatic carbocycles. The standard InChI is InChI=1S/C9H9F3OS.CO2/c1-2-13-8-4-3-6(14)5-7(8)9(10,11)12;2-1-3/h3-5,14H,2H2,1H3;. The Hall–Kier alpha value is -1.46. The summed E-state index contributed by atoms with van der Waals surface area (Å²) >= 11 is 3.85. The first-order chi connectivity index (χ1) is 7.86. The van der Waals surface area contributed by atoms with Crippen LogP contribution in [0.4, 0.5) is 13.2 Å². The molecular formula is C10H9F3O3S. The summed E-state index contributed by atoms with van der Waals surface area (Å²) in [5.41, 5.74) is -0.785. The molecule has 0 amide bonds. The van der Waals surface area contributed by atoms with Crippen molar-refractivity contribution in [2.45, 2.75) is 18.0 Å². The fourth-order valence-electron chi connectivity index (χ4n) is 1.02. The normalized spacial score (nSPS) is 9.94. The number of alkyl halides is 3. The number of ether oxygens (including phenoxy) is 1. The van der Waals surface area contributed by atoms with Crippen LogP contribution in [0.1, 0.15) is 12.5 Å². The van der Waals surface area contributed by atoms with Gasteiger partial charge in [-0.2, -0.15) is 22.8 Å². The summed E-state index contributed by atoms with van der Waals surface area (Å²) in [6, 6.07) is 3.69. The van der Waals surface area contributed by atoms with Crippen LogP contribution in [0, 0.1) is 0 Å². The molecule has 1 aromatic rings. The van der Waals surface area contributed by atoms with Crippen LogP contribution in [-0.4, -0.2) is 12.8 Å². The zero-order valence-electron chi connectivity index (χ0n) is 8.75. The molecule has 0 radical (unpaired) electrons. The summed E-state index contributed by atoms with van der Waals surface area (Å²) in [5.74, 6) is -0.155. The fourth-order valence-corrected chi connectivity index (χ4v) is 1.22. The van der Waals surface area contributed by atoms with Gasteiger partial charge >= 0.3 is 12.3 Å². The molecule has 0 fully saturated rings. The van der Waals surface area contributed by atoms with Crippen molar-refractivity contribution < 1.29 is 27.5 Å². The molecule has 0 heterocycles. The second-order valence-corrected chi connectivity index (χ2v) is 3.21. The number of hydrogen-bond donors (Lipinski definition) is 1. The minimum atomic E-state index is -4.40. The lowest BCUT2D eigenvalue weighted by Gasteiger charge is -2.13. The van der Waals surface area contributed by atoms with E-state index in [1.807, 2.05) is 0 Å². The minimum absolute atomic E-state index is 0.155. The van der Waals surface area contributed by atoms with Crippen LogP contribution in [0.2, 0.25) is 0 Å². The summed E-state index contributed by atoms with van der Waals surface area (Å²) in [4.78, 5) is 16.5. The highest BCUT2D eigenvalue weighted by molar-refractivity contribution is 7.80. The van der Waals surface area contributed by atoms with Gasteiger partial charge in [0.15, 0.2) is 0 Å². The van der Waals surface area contributed by atoms with Crippen molar-refractivity contribution >= 4 is 18.8 Å². The highest BCUT2D eigenvalue weighted by Gasteiger charge is 2.34. The van der Waals surface area contributed by atoms with E-state index in [4.69, 9.17) is 14.3 Å². The van der Waals surface area contributed by atoms with E-state index < -0.39 is 11.7 Å². The van der Waals surface area contributed by atoms with Gasteiger partial charge in [-0.05, 0) is 25.1 Å². The maximum Gasteiger partial charge on any atom is 0.420 e. The van der Waals surface area contributed by atoms with Crippen LogP contribution in [0.3, 0.4) is 0 Å². The number of halogens is 3. The molecule has 0 aliphatic carbocycles. The predicted octanol–water partition coefficient (Wildman–Crippen LogP) is 2.81. The van der Waals surface area contributed by atoms with Gasteiger partial charge in [0, 0.05) is 4.90 Å². The quantitative estimate of drug-likeness (QED) is 0.837. The number of hydrogen-bond acceptors (Lipinski definition) is 4. The first-order valence-corrected chi connectivity index (χ1v) is 4.83. The molecule has 7 heteroatoms. The molecule has 0 saturated carbocycles. The first-order valence-electron chi connectivity index (χ1n) is 4.39. The first kappa shape index (κ1) is 15.5. The summed E-state index contributed by atoms with van der Waals surface area (Å²) < 4.78 is 42.2. The molecule has 0 aromatic heterocycles. The second kappa shape index (κ2) is 6.98. The minimum Gasteiger partial charge on any atom is -0.493 e. The highest BCUT2D eigenvalue weighted by atomic mass is 32.1. The van der Waals surface area contributed by atoms with Gasteiger partial charge in [0.05, 0.1) is 12.2 Å². The summed E-state index contributed by atoms with van der Waals surface area (Å²) in [7, 11) is 0.